The fraction of sp³-hybridized carbons (Fsp3) is 0.357. The second-order valence-corrected chi connectivity index (χ2v) is 9.71. The molecule has 2 aromatic carbocycles. The smallest absolute Gasteiger partial charge is 0.225 e. The van der Waals surface area contributed by atoms with Crippen molar-refractivity contribution < 1.29 is 4.79 Å². The lowest BCUT2D eigenvalue weighted by atomic mass is 9.95. The molecule has 0 spiro atoms. The van der Waals surface area contributed by atoms with Crippen LogP contribution in [0.2, 0.25) is 0 Å². The Balaban J connectivity index is 1.09. The Morgan fingerprint density at radius 1 is 0.778 bits per heavy atom. The number of aryl methyl sites for hydroxylation is 1. The summed E-state index contributed by atoms with van der Waals surface area (Å²) in [6.07, 6.45) is 1.70. The van der Waals surface area contributed by atoms with Gasteiger partial charge in [0.2, 0.25) is 5.91 Å². The molecule has 184 valence electrons. The molecule has 2 saturated heterocycles. The Hall–Kier alpha value is -3.94. The summed E-state index contributed by atoms with van der Waals surface area (Å²) in [5.41, 5.74) is 4.15. The molecule has 0 N–H and O–H groups in total. The normalized spacial score (nSPS) is 17.1. The first-order valence-corrected chi connectivity index (χ1v) is 12.8. The van der Waals surface area contributed by atoms with Crippen LogP contribution in [0.3, 0.4) is 0 Å². The molecule has 2 fully saturated rings. The molecule has 4 aromatic rings. The molecule has 0 radical (unpaired) electrons. The van der Waals surface area contributed by atoms with E-state index in [1.807, 2.05) is 34.8 Å². The number of aromatic nitrogens is 4. The van der Waals surface area contributed by atoms with Crippen LogP contribution in [-0.2, 0) is 4.79 Å². The second-order valence-electron chi connectivity index (χ2n) is 9.71. The van der Waals surface area contributed by atoms with E-state index in [0.717, 1.165) is 80.5 Å². The summed E-state index contributed by atoms with van der Waals surface area (Å²) in [5.74, 6) is 2.06. The Labute approximate surface area is 211 Å². The van der Waals surface area contributed by atoms with Crippen LogP contribution in [0.1, 0.15) is 18.4 Å². The van der Waals surface area contributed by atoms with Crippen molar-refractivity contribution in [3.8, 4) is 11.4 Å². The zero-order valence-corrected chi connectivity index (χ0v) is 20.6. The minimum atomic E-state index is 0.0886. The highest BCUT2D eigenvalue weighted by molar-refractivity contribution is 5.79. The summed E-state index contributed by atoms with van der Waals surface area (Å²) in [6.45, 7) is 7.08. The van der Waals surface area contributed by atoms with Crippen molar-refractivity contribution in [3.63, 3.8) is 0 Å². The van der Waals surface area contributed by atoms with Crippen molar-refractivity contribution >= 4 is 23.1 Å². The highest BCUT2D eigenvalue weighted by atomic mass is 16.2. The SMILES string of the molecule is Cc1ccccc1-c1nnc2ccc(N3CCC(C(=O)N4CCN(c5ccccc5)CC4)CC3)nn12. The van der Waals surface area contributed by atoms with E-state index in [2.05, 4.69) is 68.2 Å². The maximum Gasteiger partial charge on any atom is 0.225 e. The number of carbonyl (C=O) groups is 1. The number of amides is 1. The molecule has 36 heavy (non-hydrogen) atoms. The van der Waals surface area contributed by atoms with Crippen molar-refractivity contribution in [2.24, 2.45) is 5.92 Å². The van der Waals surface area contributed by atoms with Gasteiger partial charge < -0.3 is 14.7 Å². The minimum Gasteiger partial charge on any atom is -0.368 e. The highest BCUT2D eigenvalue weighted by Crippen LogP contribution is 2.26. The van der Waals surface area contributed by atoms with Gasteiger partial charge in [0.25, 0.3) is 0 Å². The highest BCUT2D eigenvalue weighted by Gasteiger charge is 2.31. The lowest BCUT2D eigenvalue weighted by Gasteiger charge is -2.39. The van der Waals surface area contributed by atoms with Crippen molar-refractivity contribution in [2.45, 2.75) is 19.8 Å². The van der Waals surface area contributed by atoms with Gasteiger partial charge in [0.05, 0.1) is 0 Å². The molecule has 0 saturated carbocycles. The summed E-state index contributed by atoms with van der Waals surface area (Å²) in [4.78, 5) is 20.0. The summed E-state index contributed by atoms with van der Waals surface area (Å²) < 4.78 is 1.83. The van der Waals surface area contributed by atoms with E-state index >= 15 is 0 Å². The molecule has 2 aliphatic heterocycles. The maximum atomic E-state index is 13.3. The number of para-hydroxylation sites is 1. The fourth-order valence-electron chi connectivity index (χ4n) is 5.38. The Morgan fingerprint density at radius 2 is 1.50 bits per heavy atom. The average Bonchev–Trinajstić information content (AvgIpc) is 3.37. The standard InChI is InChI=1S/C28H31N7O/c1-21-7-5-6-10-24(21)27-30-29-25-11-12-26(31-35(25)27)33-15-13-22(14-16-33)28(36)34-19-17-32(18-20-34)23-8-3-2-4-9-23/h2-12,22H,13-20H2,1H3. The molecular formula is C28H31N7O. The van der Waals surface area contributed by atoms with Gasteiger partial charge >= 0.3 is 0 Å². The monoisotopic (exact) mass is 481 g/mol. The molecule has 8 nitrogen and oxygen atoms in total. The quantitative estimate of drug-likeness (QED) is 0.443. The number of fused-ring (bicyclic) bond motifs is 1. The van der Waals surface area contributed by atoms with Gasteiger partial charge in [0, 0.05) is 56.4 Å². The molecule has 0 bridgehead atoms. The number of piperazine rings is 1. The number of hydrogen-bond donors (Lipinski definition) is 0. The molecule has 0 aliphatic carbocycles. The largest absolute Gasteiger partial charge is 0.368 e. The molecule has 0 unspecified atom stereocenters. The number of hydrogen-bond acceptors (Lipinski definition) is 6. The molecule has 2 aromatic heterocycles. The topological polar surface area (TPSA) is 69.9 Å². The van der Waals surface area contributed by atoms with E-state index in [-0.39, 0.29) is 5.92 Å². The first-order chi connectivity index (χ1) is 17.7. The van der Waals surface area contributed by atoms with Gasteiger partial charge in [-0.25, -0.2) is 0 Å². The first-order valence-electron chi connectivity index (χ1n) is 12.8. The Bertz CT molecular complexity index is 1350. The molecule has 6 rings (SSSR count). The number of rotatable bonds is 4. The van der Waals surface area contributed by atoms with Crippen LogP contribution in [0, 0.1) is 12.8 Å². The summed E-state index contributed by atoms with van der Waals surface area (Å²) >= 11 is 0. The average molecular weight is 482 g/mol. The molecule has 4 heterocycles. The lowest BCUT2D eigenvalue weighted by molar-refractivity contribution is -0.136. The molecule has 2 aliphatic rings. The van der Waals surface area contributed by atoms with Crippen molar-refractivity contribution in [2.75, 3.05) is 49.1 Å². The predicted molar refractivity (Wildman–Crippen MR) is 141 cm³/mol. The Kier molecular flexibility index (Phi) is 6.01. The van der Waals surface area contributed by atoms with Crippen molar-refractivity contribution in [1.82, 2.24) is 24.7 Å². The maximum absolute atomic E-state index is 13.3. The van der Waals surface area contributed by atoms with Crippen molar-refractivity contribution in [1.29, 1.82) is 0 Å². The molecular weight excluding hydrogens is 450 g/mol. The molecule has 8 heteroatoms. The third-order valence-corrected chi connectivity index (χ3v) is 7.52. The van der Waals surface area contributed by atoms with E-state index in [1.54, 1.807) is 0 Å². The van der Waals surface area contributed by atoms with Crippen LogP contribution in [-0.4, -0.2) is 69.9 Å². The van der Waals surface area contributed by atoms with E-state index in [4.69, 9.17) is 5.10 Å². The minimum absolute atomic E-state index is 0.0886. The van der Waals surface area contributed by atoms with Gasteiger partial charge in [-0.05, 0) is 49.6 Å². The number of benzene rings is 2. The zero-order valence-electron chi connectivity index (χ0n) is 20.6. The molecule has 0 atom stereocenters. The lowest BCUT2D eigenvalue weighted by Crippen LogP contribution is -2.51. The van der Waals surface area contributed by atoms with Gasteiger partial charge in [-0.2, -0.15) is 4.52 Å². The second kappa shape index (κ2) is 9.60. The van der Waals surface area contributed by atoms with Gasteiger partial charge in [0.1, 0.15) is 5.82 Å². The summed E-state index contributed by atoms with van der Waals surface area (Å²) in [5, 5.41) is 13.6. The van der Waals surface area contributed by atoms with E-state index in [9.17, 15) is 4.79 Å². The van der Waals surface area contributed by atoms with Gasteiger partial charge in [-0.3, -0.25) is 4.79 Å². The van der Waals surface area contributed by atoms with E-state index in [1.165, 1.54) is 5.69 Å². The predicted octanol–water partition coefficient (Wildman–Crippen LogP) is 3.66. The summed E-state index contributed by atoms with van der Waals surface area (Å²) in [6, 6.07) is 22.6. The fourth-order valence-corrected chi connectivity index (χ4v) is 5.38. The van der Waals surface area contributed by atoms with Crippen molar-refractivity contribution in [3.05, 3.63) is 72.3 Å². The van der Waals surface area contributed by atoms with Crippen LogP contribution in [0.15, 0.2) is 66.7 Å². The third-order valence-electron chi connectivity index (χ3n) is 7.52. The van der Waals surface area contributed by atoms with Gasteiger partial charge in [-0.1, -0.05) is 42.5 Å². The van der Waals surface area contributed by atoms with Gasteiger partial charge in [-0.15, -0.1) is 15.3 Å². The third kappa shape index (κ3) is 4.27. The van der Waals surface area contributed by atoms with Crippen LogP contribution in [0.4, 0.5) is 11.5 Å². The number of nitrogens with zero attached hydrogens (tertiary/aromatic N) is 7. The van der Waals surface area contributed by atoms with Gasteiger partial charge in [0.15, 0.2) is 11.5 Å². The van der Waals surface area contributed by atoms with Crippen LogP contribution in [0.25, 0.3) is 17.0 Å². The van der Waals surface area contributed by atoms with Crippen LogP contribution < -0.4 is 9.80 Å². The first kappa shape index (κ1) is 22.5. The molecule has 1 amide bonds. The zero-order chi connectivity index (χ0) is 24.5. The number of anilines is 2. The van der Waals surface area contributed by atoms with E-state index < -0.39 is 0 Å². The van der Waals surface area contributed by atoms with E-state index in [0.29, 0.717) is 5.91 Å². The number of carbonyl (C=O) groups excluding carboxylic acids is 1. The number of piperidine rings is 1. The Morgan fingerprint density at radius 3 is 2.25 bits per heavy atom. The van der Waals surface area contributed by atoms with Crippen LogP contribution in [0.5, 0.6) is 0 Å². The summed E-state index contributed by atoms with van der Waals surface area (Å²) in [7, 11) is 0. The van der Waals surface area contributed by atoms with Crippen LogP contribution >= 0.6 is 0 Å².